The van der Waals surface area contributed by atoms with E-state index >= 15 is 0 Å². The quantitative estimate of drug-likeness (QED) is 0.826. The van der Waals surface area contributed by atoms with Crippen molar-refractivity contribution in [3.8, 4) is 0 Å². The van der Waals surface area contributed by atoms with Gasteiger partial charge >= 0.3 is 0 Å². The highest BCUT2D eigenvalue weighted by molar-refractivity contribution is 7.91. The van der Waals surface area contributed by atoms with Gasteiger partial charge in [-0.05, 0) is 31.9 Å². The summed E-state index contributed by atoms with van der Waals surface area (Å²) in [6.45, 7) is 4.72. The molecule has 4 nitrogen and oxygen atoms in total. The maximum absolute atomic E-state index is 12.4. The number of likely N-dealkylation sites (tertiary alicyclic amines) is 1. The molecule has 1 atom stereocenters. The van der Waals surface area contributed by atoms with Gasteiger partial charge in [0.25, 0.3) is 5.91 Å². The highest BCUT2D eigenvalue weighted by Gasteiger charge is 2.33. The SMILES string of the molecule is Cc1ccc(C(=O)N2CCC(S(C)(=O)=O)C2)c(C)c1. The van der Waals surface area contributed by atoms with Gasteiger partial charge in [-0.1, -0.05) is 17.7 Å². The van der Waals surface area contributed by atoms with E-state index in [2.05, 4.69) is 0 Å². The van der Waals surface area contributed by atoms with Crippen LogP contribution in [0.1, 0.15) is 27.9 Å². The van der Waals surface area contributed by atoms with E-state index in [4.69, 9.17) is 0 Å². The van der Waals surface area contributed by atoms with Crippen molar-refractivity contribution in [2.45, 2.75) is 25.5 Å². The number of nitrogens with zero attached hydrogens (tertiary/aromatic N) is 1. The van der Waals surface area contributed by atoms with Crippen molar-refractivity contribution in [1.29, 1.82) is 0 Å². The molecule has 0 aromatic heterocycles. The molecule has 1 aliphatic rings. The van der Waals surface area contributed by atoms with Crippen molar-refractivity contribution >= 4 is 15.7 Å². The molecular weight excluding hydrogens is 262 g/mol. The van der Waals surface area contributed by atoms with E-state index in [9.17, 15) is 13.2 Å². The summed E-state index contributed by atoms with van der Waals surface area (Å²) in [6, 6.07) is 5.70. The van der Waals surface area contributed by atoms with E-state index in [1.807, 2.05) is 32.0 Å². The molecule has 1 fully saturated rings. The number of aryl methyl sites for hydroxylation is 2. The average molecular weight is 281 g/mol. The minimum absolute atomic E-state index is 0.0661. The summed E-state index contributed by atoms with van der Waals surface area (Å²) in [7, 11) is -3.06. The van der Waals surface area contributed by atoms with Gasteiger partial charge in [-0.25, -0.2) is 8.42 Å². The van der Waals surface area contributed by atoms with E-state index in [0.717, 1.165) is 11.1 Å². The Morgan fingerprint density at radius 3 is 2.53 bits per heavy atom. The van der Waals surface area contributed by atoms with Crippen LogP contribution in [0.2, 0.25) is 0 Å². The van der Waals surface area contributed by atoms with Crippen LogP contribution in [0.15, 0.2) is 18.2 Å². The highest BCUT2D eigenvalue weighted by Crippen LogP contribution is 2.20. The summed E-state index contributed by atoms with van der Waals surface area (Å²) in [5.74, 6) is -0.0661. The van der Waals surface area contributed by atoms with Gasteiger partial charge in [-0.3, -0.25) is 4.79 Å². The van der Waals surface area contributed by atoms with Crippen LogP contribution in [0, 0.1) is 13.8 Å². The second kappa shape index (κ2) is 4.96. The summed E-state index contributed by atoms with van der Waals surface area (Å²) in [5.41, 5.74) is 2.72. The van der Waals surface area contributed by atoms with Gasteiger partial charge < -0.3 is 4.90 Å². The molecule has 1 amide bonds. The van der Waals surface area contributed by atoms with Crippen LogP contribution in [0.5, 0.6) is 0 Å². The summed E-state index contributed by atoms with van der Waals surface area (Å²) in [6.07, 6.45) is 1.78. The van der Waals surface area contributed by atoms with Gasteiger partial charge in [0.05, 0.1) is 5.25 Å². The van der Waals surface area contributed by atoms with Crippen LogP contribution in [0.3, 0.4) is 0 Å². The van der Waals surface area contributed by atoms with Crippen molar-refractivity contribution in [1.82, 2.24) is 4.90 Å². The van der Waals surface area contributed by atoms with Crippen molar-refractivity contribution in [3.63, 3.8) is 0 Å². The first kappa shape index (κ1) is 14.1. The molecule has 1 heterocycles. The van der Waals surface area contributed by atoms with Crippen LogP contribution in [0.4, 0.5) is 0 Å². The summed E-state index contributed by atoms with van der Waals surface area (Å²) in [4.78, 5) is 14.0. The first-order chi connectivity index (χ1) is 8.79. The zero-order valence-electron chi connectivity index (χ0n) is 11.5. The monoisotopic (exact) mass is 281 g/mol. The number of benzene rings is 1. The second-order valence-electron chi connectivity index (χ2n) is 5.31. The molecule has 19 heavy (non-hydrogen) atoms. The fourth-order valence-electron chi connectivity index (χ4n) is 2.49. The molecule has 0 N–H and O–H groups in total. The molecule has 104 valence electrons. The molecule has 0 bridgehead atoms. The first-order valence-corrected chi connectivity index (χ1v) is 8.30. The number of hydrogen-bond donors (Lipinski definition) is 0. The minimum Gasteiger partial charge on any atom is -0.337 e. The van der Waals surface area contributed by atoms with Crippen LogP contribution >= 0.6 is 0 Å². The third-order valence-corrected chi connectivity index (χ3v) is 5.25. The van der Waals surface area contributed by atoms with Gasteiger partial charge in [-0.15, -0.1) is 0 Å². The molecule has 0 saturated carbocycles. The second-order valence-corrected chi connectivity index (χ2v) is 7.64. The van der Waals surface area contributed by atoms with Crippen molar-refractivity contribution in [3.05, 3.63) is 34.9 Å². The van der Waals surface area contributed by atoms with Crippen LogP contribution in [-0.4, -0.2) is 43.8 Å². The molecule has 1 aliphatic heterocycles. The Hall–Kier alpha value is -1.36. The first-order valence-electron chi connectivity index (χ1n) is 6.34. The Labute approximate surface area is 114 Å². The number of carbonyl (C=O) groups excluding carboxylic acids is 1. The van der Waals surface area contributed by atoms with E-state index in [1.54, 1.807) is 4.90 Å². The smallest absolute Gasteiger partial charge is 0.254 e. The van der Waals surface area contributed by atoms with Crippen LogP contribution < -0.4 is 0 Å². The highest BCUT2D eigenvalue weighted by atomic mass is 32.2. The number of carbonyl (C=O) groups is 1. The standard InChI is InChI=1S/C14H19NO3S/c1-10-4-5-13(11(2)8-10)14(16)15-7-6-12(9-15)19(3,17)18/h4-5,8,12H,6-7,9H2,1-3H3. The number of amides is 1. The lowest BCUT2D eigenvalue weighted by molar-refractivity contribution is 0.0792. The predicted octanol–water partition coefficient (Wildman–Crippen LogP) is 1.56. The molecule has 0 aliphatic carbocycles. The Morgan fingerprint density at radius 2 is 2.00 bits per heavy atom. The Balaban J connectivity index is 2.18. The van der Waals surface area contributed by atoms with Crippen molar-refractivity contribution in [2.75, 3.05) is 19.3 Å². The van der Waals surface area contributed by atoms with Crippen LogP contribution in [-0.2, 0) is 9.84 Å². The Morgan fingerprint density at radius 1 is 1.32 bits per heavy atom. The normalized spacial score (nSPS) is 19.7. The zero-order valence-corrected chi connectivity index (χ0v) is 12.3. The lowest BCUT2D eigenvalue weighted by Crippen LogP contribution is -2.32. The Bertz CT molecular complexity index is 607. The minimum atomic E-state index is -3.06. The molecule has 2 rings (SSSR count). The Kier molecular flexibility index (Phi) is 3.67. The maximum atomic E-state index is 12.4. The third kappa shape index (κ3) is 2.97. The molecular formula is C14H19NO3S. The van der Waals surface area contributed by atoms with Crippen molar-refractivity contribution in [2.24, 2.45) is 0 Å². The van der Waals surface area contributed by atoms with Gasteiger partial charge in [0, 0.05) is 24.9 Å². The fraction of sp³-hybridized carbons (Fsp3) is 0.500. The van der Waals surface area contributed by atoms with E-state index < -0.39 is 15.1 Å². The maximum Gasteiger partial charge on any atom is 0.254 e. The molecule has 0 radical (unpaired) electrons. The third-order valence-electron chi connectivity index (χ3n) is 3.65. The zero-order chi connectivity index (χ0) is 14.2. The molecule has 1 aromatic carbocycles. The topological polar surface area (TPSA) is 54.5 Å². The summed E-state index contributed by atoms with van der Waals surface area (Å²) < 4.78 is 23.0. The molecule has 5 heteroatoms. The lowest BCUT2D eigenvalue weighted by Gasteiger charge is -2.17. The van der Waals surface area contributed by atoms with E-state index in [-0.39, 0.29) is 5.91 Å². The van der Waals surface area contributed by atoms with E-state index in [0.29, 0.717) is 25.1 Å². The molecule has 0 spiro atoms. The van der Waals surface area contributed by atoms with Crippen LogP contribution in [0.25, 0.3) is 0 Å². The number of sulfone groups is 1. The van der Waals surface area contributed by atoms with Crippen molar-refractivity contribution < 1.29 is 13.2 Å². The fourth-order valence-corrected chi connectivity index (χ4v) is 3.47. The molecule has 1 aromatic rings. The van der Waals surface area contributed by atoms with Gasteiger partial charge in [0.2, 0.25) is 0 Å². The molecule has 1 saturated heterocycles. The van der Waals surface area contributed by atoms with E-state index in [1.165, 1.54) is 6.26 Å². The predicted molar refractivity (Wildman–Crippen MR) is 75.1 cm³/mol. The largest absolute Gasteiger partial charge is 0.337 e. The average Bonchev–Trinajstić information content (AvgIpc) is 2.76. The number of rotatable bonds is 2. The number of hydrogen-bond acceptors (Lipinski definition) is 3. The summed E-state index contributed by atoms with van der Waals surface area (Å²) in [5, 5.41) is -0.415. The lowest BCUT2D eigenvalue weighted by atomic mass is 10.0. The molecule has 1 unspecified atom stereocenters. The van der Waals surface area contributed by atoms with Gasteiger partial charge in [-0.2, -0.15) is 0 Å². The van der Waals surface area contributed by atoms with Gasteiger partial charge in [0.1, 0.15) is 0 Å². The van der Waals surface area contributed by atoms with Gasteiger partial charge in [0.15, 0.2) is 9.84 Å². The summed E-state index contributed by atoms with van der Waals surface area (Å²) >= 11 is 0.